The molecule has 16 heavy (non-hydrogen) atoms. The molecule has 0 radical (unpaired) electrons. The van der Waals surface area contributed by atoms with Gasteiger partial charge in [0.15, 0.2) is 0 Å². The molecule has 1 unspecified atom stereocenters. The van der Waals surface area contributed by atoms with Crippen LogP contribution in [0.25, 0.3) is 0 Å². The Labute approximate surface area is 95.6 Å². The fourth-order valence-electron chi connectivity index (χ4n) is 1.95. The number of morpholine rings is 1. The van der Waals surface area contributed by atoms with E-state index in [1.165, 1.54) is 5.56 Å². The van der Waals surface area contributed by atoms with Crippen molar-refractivity contribution in [3.63, 3.8) is 0 Å². The van der Waals surface area contributed by atoms with Gasteiger partial charge >= 0.3 is 0 Å². The second-order valence-corrected chi connectivity index (χ2v) is 4.10. The molecule has 1 aromatic rings. The number of nitrogens with zero attached hydrogens (tertiary/aromatic N) is 1. The van der Waals surface area contributed by atoms with Gasteiger partial charge in [-0.3, -0.25) is 4.90 Å². The van der Waals surface area contributed by atoms with Gasteiger partial charge in [-0.2, -0.15) is 0 Å². The van der Waals surface area contributed by atoms with Crippen LogP contribution < -0.4 is 5.73 Å². The van der Waals surface area contributed by atoms with E-state index in [0.717, 1.165) is 19.7 Å². The smallest absolute Gasteiger partial charge is 0.115 e. The van der Waals surface area contributed by atoms with Crippen LogP contribution in [0.2, 0.25) is 0 Å². The van der Waals surface area contributed by atoms with Crippen molar-refractivity contribution in [1.29, 1.82) is 0 Å². The molecule has 0 bridgehead atoms. The highest BCUT2D eigenvalue weighted by atomic mass is 16.5. The molecule has 1 fully saturated rings. The first-order chi connectivity index (χ1) is 7.79. The topological polar surface area (TPSA) is 58.7 Å². The van der Waals surface area contributed by atoms with E-state index in [1.54, 1.807) is 12.1 Å². The summed E-state index contributed by atoms with van der Waals surface area (Å²) >= 11 is 0. The van der Waals surface area contributed by atoms with Gasteiger partial charge in [-0.15, -0.1) is 0 Å². The molecule has 0 spiro atoms. The fraction of sp³-hybridized carbons (Fsp3) is 0.500. The summed E-state index contributed by atoms with van der Waals surface area (Å²) in [5, 5.41) is 9.21. The van der Waals surface area contributed by atoms with Crippen LogP contribution in [0.4, 0.5) is 0 Å². The van der Waals surface area contributed by atoms with Gasteiger partial charge in [-0.1, -0.05) is 12.1 Å². The zero-order valence-corrected chi connectivity index (χ0v) is 9.30. The maximum atomic E-state index is 9.21. The lowest BCUT2D eigenvalue weighted by Gasteiger charge is -2.34. The molecular weight excluding hydrogens is 204 g/mol. The van der Waals surface area contributed by atoms with Crippen molar-refractivity contribution in [2.75, 3.05) is 26.3 Å². The molecule has 1 atom stereocenters. The Morgan fingerprint density at radius 1 is 1.38 bits per heavy atom. The van der Waals surface area contributed by atoms with Crippen LogP contribution >= 0.6 is 0 Å². The number of hydrogen-bond donors (Lipinski definition) is 2. The van der Waals surface area contributed by atoms with Gasteiger partial charge in [0, 0.05) is 25.7 Å². The number of aromatic hydroxyl groups is 1. The van der Waals surface area contributed by atoms with E-state index in [2.05, 4.69) is 4.90 Å². The molecule has 0 amide bonds. The first kappa shape index (κ1) is 11.4. The summed E-state index contributed by atoms with van der Waals surface area (Å²) in [7, 11) is 0. The summed E-state index contributed by atoms with van der Waals surface area (Å²) in [4.78, 5) is 2.33. The van der Waals surface area contributed by atoms with E-state index in [1.807, 2.05) is 12.1 Å². The van der Waals surface area contributed by atoms with Crippen LogP contribution in [-0.2, 0) is 11.3 Å². The molecule has 1 saturated heterocycles. The van der Waals surface area contributed by atoms with Gasteiger partial charge in [0.05, 0.1) is 13.2 Å². The summed E-state index contributed by atoms with van der Waals surface area (Å²) in [5.74, 6) is 0.307. The van der Waals surface area contributed by atoms with Crippen molar-refractivity contribution in [1.82, 2.24) is 4.90 Å². The Kier molecular flexibility index (Phi) is 3.77. The zero-order chi connectivity index (χ0) is 11.4. The van der Waals surface area contributed by atoms with Crippen LogP contribution in [-0.4, -0.2) is 42.4 Å². The summed E-state index contributed by atoms with van der Waals surface area (Å²) in [6.07, 6.45) is 0. The summed E-state index contributed by atoms with van der Waals surface area (Å²) in [6.45, 7) is 3.90. The molecule has 1 aliphatic heterocycles. The molecule has 1 aliphatic rings. The molecular formula is C12H18N2O2. The standard InChI is InChI=1S/C12H18N2O2/c13-7-11-9-16-6-5-14(11)8-10-1-3-12(15)4-2-10/h1-4,11,15H,5-9,13H2. The lowest BCUT2D eigenvalue weighted by atomic mass is 10.1. The van der Waals surface area contributed by atoms with Gasteiger partial charge in [0.2, 0.25) is 0 Å². The Bertz CT molecular complexity index is 326. The van der Waals surface area contributed by atoms with Crippen molar-refractivity contribution in [3.05, 3.63) is 29.8 Å². The Morgan fingerprint density at radius 2 is 2.12 bits per heavy atom. The molecule has 2 rings (SSSR count). The number of phenols is 1. The second kappa shape index (κ2) is 5.30. The predicted octanol–water partition coefficient (Wildman–Crippen LogP) is 0.552. The van der Waals surface area contributed by atoms with E-state index in [-0.39, 0.29) is 0 Å². The molecule has 0 saturated carbocycles. The number of ether oxygens (including phenoxy) is 1. The SMILES string of the molecule is NCC1COCCN1Cc1ccc(O)cc1. The van der Waals surface area contributed by atoms with E-state index >= 15 is 0 Å². The number of phenolic OH excluding ortho intramolecular Hbond substituents is 1. The van der Waals surface area contributed by atoms with Gasteiger partial charge < -0.3 is 15.6 Å². The first-order valence-electron chi connectivity index (χ1n) is 5.59. The minimum atomic E-state index is 0.307. The van der Waals surface area contributed by atoms with Crippen LogP contribution in [0, 0.1) is 0 Å². The second-order valence-electron chi connectivity index (χ2n) is 4.10. The van der Waals surface area contributed by atoms with Gasteiger partial charge in [0.1, 0.15) is 5.75 Å². The number of benzene rings is 1. The quantitative estimate of drug-likeness (QED) is 0.784. The van der Waals surface area contributed by atoms with Crippen LogP contribution in [0.1, 0.15) is 5.56 Å². The molecule has 1 aromatic carbocycles. The van der Waals surface area contributed by atoms with Crippen LogP contribution in [0.5, 0.6) is 5.75 Å². The van der Waals surface area contributed by atoms with Gasteiger partial charge in [-0.05, 0) is 17.7 Å². The van der Waals surface area contributed by atoms with E-state index < -0.39 is 0 Å². The normalized spacial score (nSPS) is 22.2. The largest absolute Gasteiger partial charge is 0.508 e. The minimum absolute atomic E-state index is 0.307. The lowest BCUT2D eigenvalue weighted by Crippen LogP contribution is -2.48. The summed E-state index contributed by atoms with van der Waals surface area (Å²) in [6, 6.07) is 7.62. The highest BCUT2D eigenvalue weighted by molar-refractivity contribution is 5.25. The minimum Gasteiger partial charge on any atom is -0.508 e. The number of rotatable bonds is 3. The van der Waals surface area contributed by atoms with E-state index in [0.29, 0.717) is 24.9 Å². The highest BCUT2D eigenvalue weighted by Gasteiger charge is 2.21. The lowest BCUT2D eigenvalue weighted by molar-refractivity contribution is -0.00793. The van der Waals surface area contributed by atoms with Crippen molar-refractivity contribution in [3.8, 4) is 5.75 Å². The molecule has 0 aliphatic carbocycles. The van der Waals surface area contributed by atoms with Gasteiger partial charge in [-0.25, -0.2) is 0 Å². The predicted molar refractivity (Wildman–Crippen MR) is 62.2 cm³/mol. The number of nitrogens with two attached hydrogens (primary N) is 1. The monoisotopic (exact) mass is 222 g/mol. The molecule has 3 N–H and O–H groups in total. The first-order valence-corrected chi connectivity index (χ1v) is 5.59. The maximum Gasteiger partial charge on any atom is 0.115 e. The van der Waals surface area contributed by atoms with Crippen molar-refractivity contribution in [2.24, 2.45) is 5.73 Å². The summed E-state index contributed by atoms with van der Waals surface area (Å²) < 4.78 is 5.40. The van der Waals surface area contributed by atoms with Crippen molar-refractivity contribution >= 4 is 0 Å². The molecule has 4 nitrogen and oxygen atoms in total. The third kappa shape index (κ3) is 2.72. The van der Waals surface area contributed by atoms with Crippen molar-refractivity contribution < 1.29 is 9.84 Å². The summed E-state index contributed by atoms with van der Waals surface area (Å²) in [5.41, 5.74) is 6.90. The molecule has 1 heterocycles. The number of hydrogen-bond acceptors (Lipinski definition) is 4. The Hall–Kier alpha value is -1.10. The fourth-order valence-corrected chi connectivity index (χ4v) is 1.95. The third-order valence-electron chi connectivity index (χ3n) is 2.94. The zero-order valence-electron chi connectivity index (χ0n) is 9.30. The highest BCUT2D eigenvalue weighted by Crippen LogP contribution is 2.14. The maximum absolute atomic E-state index is 9.21. The van der Waals surface area contributed by atoms with Crippen molar-refractivity contribution in [2.45, 2.75) is 12.6 Å². The van der Waals surface area contributed by atoms with Crippen LogP contribution in [0.15, 0.2) is 24.3 Å². The molecule has 4 heteroatoms. The molecule has 0 aromatic heterocycles. The average molecular weight is 222 g/mol. The van der Waals surface area contributed by atoms with E-state index in [4.69, 9.17) is 10.5 Å². The van der Waals surface area contributed by atoms with E-state index in [9.17, 15) is 5.11 Å². The Morgan fingerprint density at radius 3 is 2.81 bits per heavy atom. The third-order valence-corrected chi connectivity index (χ3v) is 2.94. The Balaban J connectivity index is 1.99. The molecule has 88 valence electrons. The average Bonchev–Trinajstić information content (AvgIpc) is 2.33. The van der Waals surface area contributed by atoms with Gasteiger partial charge in [0.25, 0.3) is 0 Å². The van der Waals surface area contributed by atoms with Crippen LogP contribution in [0.3, 0.4) is 0 Å².